The van der Waals surface area contributed by atoms with Crippen molar-refractivity contribution in [3.05, 3.63) is 82.3 Å². The van der Waals surface area contributed by atoms with E-state index in [-0.39, 0.29) is 5.88 Å². The highest BCUT2D eigenvalue weighted by atomic mass is 35.5. The lowest BCUT2D eigenvalue weighted by atomic mass is 10.0. The van der Waals surface area contributed by atoms with Crippen molar-refractivity contribution in [3.8, 4) is 6.07 Å². The maximum Gasteiger partial charge on any atom is 0.229 e. The summed E-state index contributed by atoms with van der Waals surface area (Å²) >= 11 is 6.04. The number of aromatic nitrogens is 2. The number of rotatable bonds is 6. The van der Waals surface area contributed by atoms with Gasteiger partial charge >= 0.3 is 0 Å². The van der Waals surface area contributed by atoms with Crippen LogP contribution in [0.5, 0.6) is 0 Å². The number of nitriles is 1. The summed E-state index contributed by atoms with van der Waals surface area (Å²) in [6.45, 7) is 11.0. The van der Waals surface area contributed by atoms with E-state index < -0.39 is 0 Å². The normalized spacial score (nSPS) is 10.4. The van der Waals surface area contributed by atoms with E-state index in [1.54, 1.807) is 30.3 Å². The molecule has 0 atom stereocenters. The third kappa shape index (κ3) is 5.14. The average molecular weight is 415 g/mol. The first-order valence-electron chi connectivity index (χ1n) is 9.15. The van der Waals surface area contributed by atoms with Crippen molar-refractivity contribution in [2.24, 2.45) is 0 Å². The highest BCUT2D eigenvalue weighted by Gasteiger charge is 2.09. The van der Waals surface area contributed by atoms with Crippen molar-refractivity contribution in [1.82, 2.24) is 9.97 Å². The lowest BCUT2D eigenvalue weighted by molar-refractivity contribution is 1.09. The molecule has 2 N–H and O–H groups in total. The molecule has 0 spiro atoms. The lowest BCUT2D eigenvalue weighted by Crippen LogP contribution is -2.05. The van der Waals surface area contributed by atoms with Crippen molar-refractivity contribution in [1.29, 1.82) is 5.26 Å². The zero-order chi connectivity index (χ0) is 21.5. The standard InChI is InChI=1S/C23H19ClN6/c1-15-11-17(5-4-10-25)12-16(2)22(15)29-21-13-20(14-24)28-23(30-21)27-19-8-6-18(26-3)7-9-19/h4-9,11-13H,14H2,1-2H3,(H2,27,28,29,30)/b5-4+. The SMILES string of the molecule is [C-]#[N+]c1ccc(Nc2nc(CCl)cc(Nc3c(C)cc(/C=C/C#N)cc3C)n2)cc1. The summed E-state index contributed by atoms with van der Waals surface area (Å²) in [7, 11) is 0. The van der Waals surface area contributed by atoms with Gasteiger partial charge in [-0.3, -0.25) is 0 Å². The molecule has 1 heterocycles. The molecule has 0 aliphatic heterocycles. The van der Waals surface area contributed by atoms with Crippen LogP contribution in [0, 0.1) is 31.8 Å². The molecule has 0 saturated heterocycles. The summed E-state index contributed by atoms with van der Waals surface area (Å²) in [5, 5.41) is 15.2. The minimum absolute atomic E-state index is 0.248. The third-order valence-corrected chi connectivity index (χ3v) is 4.60. The van der Waals surface area contributed by atoms with E-state index in [1.165, 1.54) is 6.08 Å². The molecule has 148 valence electrons. The number of nitrogens with one attached hydrogen (secondary N) is 2. The molecular weight excluding hydrogens is 396 g/mol. The summed E-state index contributed by atoms with van der Waals surface area (Å²) in [5.74, 6) is 1.28. The molecule has 0 saturated carbocycles. The number of alkyl halides is 1. The van der Waals surface area contributed by atoms with Crippen LogP contribution in [0.4, 0.5) is 28.8 Å². The quantitative estimate of drug-likeness (QED) is 0.277. The largest absolute Gasteiger partial charge is 0.340 e. The van der Waals surface area contributed by atoms with Crippen LogP contribution in [0.25, 0.3) is 10.9 Å². The Morgan fingerprint density at radius 2 is 1.80 bits per heavy atom. The Morgan fingerprint density at radius 3 is 2.40 bits per heavy atom. The van der Waals surface area contributed by atoms with Crippen LogP contribution >= 0.6 is 11.6 Å². The molecule has 0 aliphatic rings. The first kappa shape index (κ1) is 20.9. The van der Waals surface area contributed by atoms with Gasteiger partial charge in [-0.25, -0.2) is 9.83 Å². The smallest absolute Gasteiger partial charge is 0.229 e. The van der Waals surface area contributed by atoms with Gasteiger partial charge in [0.25, 0.3) is 0 Å². The lowest BCUT2D eigenvalue weighted by Gasteiger charge is -2.15. The van der Waals surface area contributed by atoms with Crippen molar-refractivity contribution < 1.29 is 0 Å². The second-order valence-corrected chi connectivity index (χ2v) is 6.87. The van der Waals surface area contributed by atoms with Gasteiger partial charge in [0, 0.05) is 23.5 Å². The Bertz CT molecular complexity index is 1150. The molecule has 3 aromatic rings. The second-order valence-electron chi connectivity index (χ2n) is 6.60. The van der Waals surface area contributed by atoms with E-state index in [1.807, 2.05) is 38.1 Å². The molecule has 7 heteroatoms. The van der Waals surface area contributed by atoms with Crippen LogP contribution in [-0.2, 0) is 5.88 Å². The number of anilines is 4. The number of nitrogens with zero attached hydrogens (tertiary/aromatic N) is 4. The fourth-order valence-corrected chi connectivity index (χ4v) is 3.12. The zero-order valence-corrected chi connectivity index (χ0v) is 17.3. The Labute approximate surface area is 180 Å². The average Bonchev–Trinajstić information content (AvgIpc) is 2.75. The number of benzene rings is 2. The van der Waals surface area contributed by atoms with Gasteiger partial charge in [0.05, 0.1) is 24.2 Å². The maximum absolute atomic E-state index is 8.73. The molecule has 0 unspecified atom stereocenters. The second kappa shape index (κ2) is 9.56. The van der Waals surface area contributed by atoms with E-state index in [2.05, 4.69) is 25.4 Å². The van der Waals surface area contributed by atoms with Crippen LogP contribution in [0.1, 0.15) is 22.4 Å². The van der Waals surface area contributed by atoms with Gasteiger partial charge in [-0.2, -0.15) is 10.2 Å². The fourth-order valence-electron chi connectivity index (χ4n) is 2.99. The van der Waals surface area contributed by atoms with E-state index in [9.17, 15) is 0 Å². The fraction of sp³-hybridized carbons (Fsp3) is 0.130. The number of aryl methyl sites for hydroxylation is 2. The molecule has 1 aromatic heterocycles. The van der Waals surface area contributed by atoms with E-state index in [0.29, 0.717) is 23.1 Å². The number of hydrogen-bond acceptors (Lipinski definition) is 5. The molecule has 6 nitrogen and oxygen atoms in total. The van der Waals surface area contributed by atoms with Crippen LogP contribution in [0.3, 0.4) is 0 Å². The summed E-state index contributed by atoms with van der Waals surface area (Å²) in [6, 6.07) is 14.9. The van der Waals surface area contributed by atoms with Gasteiger partial charge in [-0.05, 0) is 60.9 Å². The molecule has 0 amide bonds. The Kier molecular flexibility index (Phi) is 6.64. The Balaban J connectivity index is 1.89. The maximum atomic E-state index is 8.73. The first-order chi connectivity index (χ1) is 14.5. The van der Waals surface area contributed by atoms with Crippen LogP contribution in [-0.4, -0.2) is 9.97 Å². The highest BCUT2D eigenvalue weighted by molar-refractivity contribution is 6.16. The molecule has 0 radical (unpaired) electrons. The minimum Gasteiger partial charge on any atom is -0.340 e. The predicted molar refractivity (Wildman–Crippen MR) is 121 cm³/mol. The monoisotopic (exact) mass is 414 g/mol. The molecule has 3 rings (SSSR count). The number of halogens is 1. The molecular formula is C23H19ClN6. The van der Waals surface area contributed by atoms with Gasteiger partial charge in [0.15, 0.2) is 5.69 Å². The van der Waals surface area contributed by atoms with Crippen LogP contribution in [0.15, 0.2) is 48.5 Å². The topological polar surface area (TPSA) is 78.0 Å². The Hall–Kier alpha value is -3.87. The predicted octanol–water partition coefficient (Wildman–Crippen LogP) is 6.41. The molecule has 30 heavy (non-hydrogen) atoms. The molecule has 0 fully saturated rings. The van der Waals surface area contributed by atoms with E-state index in [0.717, 1.165) is 28.1 Å². The summed E-state index contributed by atoms with van der Waals surface area (Å²) < 4.78 is 0. The molecule has 0 bridgehead atoms. The summed E-state index contributed by atoms with van der Waals surface area (Å²) in [4.78, 5) is 12.4. The van der Waals surface area contributed by atoms with Crippen molar-refractivity contribution in [3.63, 3.8) is 0 Å². The van der Waals surface area contributed by atoms with Crippen LogP contribution < -0.4 is 10.6 Å². The summed E-state index contributed by atoms with van der Waals surface area (Å²) in [5.41, 5.74) is 5.99. The van der Waals surface area contributed by atoms with E-state index >= 15 is 0 Å². The van der Waals surface area contributed by atoms with Gasteiger partial charge in [0.2, 0.25) is 5.95 Å². The van der Waals surface area contributed by atoms with Gasteiger partial charge in [0.1, 0.15) is 5.82 Å². The van der Waals surface area contributed by atoms with Crippen molar-refractivity contribution >= 4 is 46.5 Å². The van der Waals surface area contributed by atoms with Crippen molar-refractivity contribution in [2.75, 3.05) is 10.6 Å². The first-order valence-corrected chi connectivity index (χ1v) is 9.68. The van der Waals surface area contributed by atoms with Gasteiger partial charge < -0.3 is 10.6 Å². The van der Waals surface area contributed by atoms with E-state index in [4.69, 9.17) is 23.4 Å². The zero-order valence-electron chi connectivity index (χ0n) is 16.6. The van der Waals surface area contributed by atoms with Gasteiger partial charge in [-0.15, -0.1) is 11.6 Å². The Morgan fingerprint density at radius 1 is 1.10 bits per heavy atom. The number of allylic oxidation sites excluding steroid dienone is 1. The number of hydrogen-bond donors (Lipinski definition) is 2. The van der Waals surface area contributed by atoms with Crippen molar-refractivity contribution in [2.45, 2.75) is 19.7 Å². The minimum atomic E-state index is 0.248. The molecule has 2 aromatic carbocycles. The third-order valence-electron chi connectivity index (χ3n) is 4.33. The van der Waals surface area contributed by atoms with Crippen LogP contribution in [0.2, 0.25) is 0 Å². The highest BCUT2D eigenvalue weighted by Crippen LogP contribution is 2.27. The van der Waals surface area contributed by atoms with Gasteiger partial charge in [-0.1, -0.05) is 12.1 Å². The molecule has 0 aliphatic carbocycles. The summed E-state index contributed by atoms with van der Waals surface area (Å²) in [6.07, 6.45) is 3.24.